The van der Waals surface area contributed by atoms with Crippen LogP contribution in [0.2, 0.25) is 0 Å². The van der Waals surface area contributed by atoms with Crippen LogP contribution in [0.1, 0.15) is 11.1 Å². The van der Waals surface area contributed by atoms with E-state index in [9.17, 15) is 17.8 Å². The zero-order valence-corrected chi connectivity index (χ0v) is 14.6. The summed E-state index contributed by atoms with van der Waals surface area (Å²) in [5, 5.41) is 2.81. The van der Waals surface area contributed by atoms with Gasteiger partial charge in [0.1, 0.15) is 10.1 Å². The van der Waals surface area contributed by atoms with Gasteiger partial charge in [-0.05, 0) is 29.7 Å². The Morgan fingerprint density at radius 2 is 1.67 bits per heavy atom. The van der Waals surface area contributed by atoms with E-state index >= 15 is 0 Å². The van der Waals surface area contributed by atoms with Crippen LogP contribution in [0.4, 0.5) is 0 Å². The molecule has 7 heteroatoms. The molecule has 0 aliphatic heterocycles. The Labute approximate surface area is 147 Å². The minimum absolute atomic E-state index is 0.116. The minimum Gasteiger partial charge on any atom is -0.744 e. The van der Waals surface area contributed by atoms with E-state index in [1.54, 1.807) is 0 Å². The third kappa shape index (κ3) is 5.36. The smallest absolute Gasteiger partial charge is 0.224 e. The Kier molecular flexibility index (Phi) is 6.42. The summed E-state index contributed by atoms with van der Waals surface area (Å²) in [7, 11) is -4.45. The summed E-state index contributed by atoms with van der Waals surface area (Å²) in [5.41, 5.74) is 1.78. The zero-order chi connectivity index (χ0) is 17.6. The lowest BCUT2D eigenvalue weighted by atomic mass is 10.00. The summed E-state index contributed by atoms with van der Waals surface area (Å²) in [6.45, 7) is 0.261. The van der Waals surface area contributed by atoms with Crippen LogP contribution < -0.4 is 5.32 Å². The van der Waals surface area contributed by atoms with Gasteiger partial charge in [-0.25, -0.2) is 8.42 Å². The van der Waals surface area contributed by atoms with Gasteiger partial charge in [0.15, 0.2) is 0 Å². The van der Waals surface area contributed by atoms with E-state index in [4.69, 9.17) is 0 Å². The molecule has 2 aromatic rings. The third-order valence-electron chi connectivity index (χ3n) is 3.59. The molecule has 1 N–H and O–H groups in total. The summed E-state index contributed by atoms with van der Waals surface area (Å²) in [5.74, 6) is 0.0556. The van der Waals surface area contributed by atoms with Gasteiger partial charge in [-0.2, -0.15) is 12.6 Å². The number of carbonyl (C=O) groups excluding carboxylic acids is 1. The Bertz CT molecular complexity index is 774. The number of rotatable bonds is 7. The lowest BCUT2D eigenvalue weighted by Crippen LogP contribution is -2.32. The predicted octanol–water partition coefficient (Wildman–Crippen LogP) is 2.00. The van der Waals surface area contributed by atoms with Crippen LogP contribution in [-0.2, 0) is 27.9 Å². The normalized spacial score (nSPS) is 12.6. The summed E-state index contributed by atoms with van der Waals surface area (Å²) in [6.07, 6.45) is 0.601. The molecule has 0 saturated carbocycles. The molecular weight excluding hydrogens is 346 g/mol. The monoisotopic (exact) mass is 364 g/mol. The van der Waals surface area contributed by atoms with Crippen LogP contribution in [0, 0.1) is 5.92 Å². The molecule has 128 valence electrons. The Balaban J connectivity index is 1.93. The van der Waals surface area contributed by atoms with E-state index < -0.39 is 10.1 Å². The molecule has 0 saturated heterocycles. The molecule has 0 aliphatic rings. The van der Waals surface area contributed by atoms with Crippen LogP contribution in [0.25, 0.3) is 0 Å². The van der Waals surface area contributed by atoms with Crippen molar-refractivity contribution >= 4 is 28.7 Å². The van der Waals surface area contributed by atoms with Crippen molar-refractivity contribution < 1.29 is 17.8 Å². The van der Waals surface area contributed by atoms with E-state index in [0.717, 1.165) is 5.56 Å². The van der Waals surface area contributed by atoms with Crippen molar-refractivity contribution in [2.24, 2.45) is 5.92 Å². The van der Waals surface area contributed by atoms with Gasteiger partial charge in [0.05, 0.1) is 10.8 Å². The Morgan fingerprint density at radius 3 is 2.21 bits per heavy atom. The molecule has 0 heterocycles. The van der Waals surface area contributed by atoms with Gasteiger partial charge < -0.3 is 9.87 Å². The number of amides is 1. The molecule has 2 rings (SSSR count). The zero-order valence-electron chi connectivity index (χ0n) is 12.9. The van der Waals surface area contributed by atoms with Gasteiger partial charge in [0.25, 0.3) is 0 Å². The van der Waals surface area contributed by atoms with E-state index in [-0.39, 0.29) is 23.3 Å². The molecule has 0 radical (unpaired) electrons. The van der Waals surface area contributed by atoms with Crippen molar-refractivity contribution in [3.8, 4) is 0 Å². The first-order valence-electron chi connectivity index (χ1n) is 7.37. The molecule has 2 aromatic carbocycles. The van der Waals surface area contributed by atoms with E-state index in [1.165, 1.54) is 24.3 Å². The molecule has 1 amide bonds. The highest BCUT2D eigenvalue weighted by molar-refractivity contribution is 7.85. The number of thiol groups is 1. The standard InChI is InChI=1S/C17H19NO4S2/c19-17(15(12-23)10-13-4-2-1-3-5-13)18-11-14-6-8-16(9-7-14)24(20,21)22/h1-9,15,23H,10-12H2,(H,18,19)(H,20,21,22)/p-1. The average molecular weight is 364 g/mol. The number of carbonyl (C=O) groups is 1. The SMILES string of the molecule is O=C(NCc1ccc(S(=O)(=O)[O-])cc1)C(CS)Cc1ccccc1. The third-order valence-corrected chi connectivity index (χ3v) is 4.89. The summed E-state index contributed by atoms with van der Waals surface area (Å²) in [4.78, 5) is 12.0. The summed E-state index contributed by atoms with van der Waals surface area (Å²) >= 11 is 4.25. The van der Waals surface area contributed by atoms with Crippen LogP contribution in [-0.4, -0.2) is 24.6 Å². The fraction of sp³-hybridized carbons (Fsp3) is 0.235. The minimum atomic E-state index is -4.45. The molecule has 0 bridgehead atoms. The highest BCUT2D eigenvalue weighted by Gasteiger charge is 2.17. The first kappa shape index (κ1) is 18.5. The Hall–Kier alpha value is -1.83. The lowest BCUT2D eigenvalue weighted by molar-refractivity contribution is -0.124. The van der Waals surface area contributed by atoms with Crippen molar-refractivity contribution in [1.82, 2.24) is 5.32 Å². The first-order valence-corrected chi connectivity index (χ1v) is 9.41. The largest absolute Gasteiger partial charge is 0.744 e. The predicted molar refractivity (Wildman–Crippen MR) is 93.7 cm³/mol. The molecule has 5 nitrogen and oxygen atoms in total. The van der Waals surface area contributed by atoms with Crippen LogP contribution in [0.5, 0.6) is 0 Å². The van der Waals surface area contributed by atoms with Crippen molar-refractivity contribution in [2.45, 2.75) is 17.9 Å². The second kappa shape index (κ2) is 8.32. The number of hydrogen-bond acceptors (Lipinski definition) is 5. The van der Waals surface area contributed by atoms with Gasteiger partial charge in [-0.1, -0.05) is 42.5 Å². The van der Waals surface area contributed by atoms with E-state index in [1.807, 2.05) is 30.3 Å². The fourth-order valence-electron chi connectivity index (χ4n) is 2.25. The van der Waals surface area contributed by atoms with Gasteiger partial charge >= 0.3 is 0 Å². The fourth-order valence-corrected chi connectivity index (χ4v) is 3.01. The van der Waals surface area contributed by atoms with Gasteiger partial charge in [-0.3, -0.25) is 4.79 Å². The van der Waals surface area contributed by atoms with E-state index in [0.29, 0.717) is 17.7 Å². The number of hydrogen-bond donors (Lipinski definition) is 2. The molecule has 1 unspecified atom stereocenters. The summed E-state index contributed by atoms with van der Waals surface area (Å²) in [6, 6.07) is 15.2. The van der Waals surface area contributed by atoms with E-state index in [2.05, 4.69) is 17.9 Å². The quantitative estimate of drug-likeness (QED) is 0.581. The molecule has 0 aromatic heterocycles. The lowest BCUT2D eigenvalue weighted by Gasteiger charge is -2.15. The Morgan fingerprint density at radius 1 is 1.04 bits per heavy atom. The van der Waals surface area contributed by atoms with Gasteiger partial charge in [0.2, 0.25) is 5.91 Å². The summed E-state index contributed by atoms with van der Waals surface area (Å²) < 4.78 is 32.6. The average Bonchev–Trinajstić information content (AvgIpc) is 2.58. The molecule has 0 spiro atoms. The van der Waals surface area contributed by atoms with Crippen molar-refractivity contribution in [3.05, 3.63) is 65.7 Å². The maximum absolute atomic E-state index is 12.3. The maximum atomic E-state index is 12.3. The molecule has 0 aliphatic carbocycles. The van der Waals surface area contributed by atoms with Crippen molar-refractivity contribution in [2.75, 3.05) is 5.75 Å². The maximum Gasteiger partial charge on any atom is 0.224 e. The molecule has 0 fully saturated rings. The highest BCUT2D eigenvalue weighted by Crippen LogP contribution is 2.12. The van der Waals surface area contributed by atoms with Crippen molar-refractivity contribution in [3.63, 3.8) is 0 Å². The van der Waals surface area contributed by atoms with Gasteiger partial charge in [0, 0.05) is 12.3 Å². The van der Waals surface area contributed by atoms with Crippen LogP contribution >= 0.6 is 12.6 Å². The highest BCUT2D eigenvalue weighted by atomic mass is 32.2. The van der Waals surface area contributed by atoms with Crippen LogP contribution in [0.15, 0.2) is 59.5 Å². The van der Waals surface area contributed by atoms with Crippen molar-refractivity contribution in [1.29, 1.82) is 0 Å². The first-order chi connectivity index (χ1) is 11.4. The topological polar surface area (TPSA) is 86.3 Å². The van der Waals surface area contributed by atoms with Gasteiger partial charge in [-0.15, -0.1) is 0 Å². The molecule has 24 heavy (non-hydrogen) atoms. The second-order valence-electron chi connectivity index (χ2n) is 5.39. The number of nitrogens with one attached hydrogen (secondary N) is 1. The second-order valence-corrected chi connectivity index (χ2v) is 7.13. The van der Waals surface area contributed by atoms with Crippen LogP contribution in [0.3, 0.4) is 0 Å². The molecule has 1 atom stereocenters. The molecular formula is C17H18NO4S2-. The number of benzene rings is 2.